The summed E-state index contributed by atoms with van der Waals surface area (Å²) < 4.78 is 1.75. The van der Waals surface area contributed by atoms with Crippen LogP contribution in [0.2, 0.25) is 0 Å². The highest BCUT2D eigenvalue weighted by Gasteiger charge is 2.14. The second kappa shape index (κ2) is 7.40. The van der Waals surface area contributed by atoms with Crippen LogP contribution in [0.5, 0.6) is 0 Å². The van der Waals surface area contributed by atoms with Gasteiger partial charge < -0.3 is 5.32 Å². The number of carbonyl (C=O) groups is 1. The molecule has 0 saturated heterocycles. The normalized spacial score (nSPS) is 11.7. The first kappa shape index (κ1) is 19.3. The number of nitrogens with zero attached hydrogens (tertiary/aromatic N) is 4. The molecule has 29 heavy (non-hydrogen) atoms. The van der Waals surface area contributed by atoms with Gasteiger partial charge in [0.05, 0.1) is 0 Å². The summed E-state index contributed by atoms with van der Waals surface area (Å²) in [5, 5.41) is 16.5. The van der Waals surface area contributed by atoms with Gasteiger partial charge >= 0.3 is 0 Å². The lowest BCUT2D eigenvalue weighted by molar-refractivity contribution is 0.0951. The molecule has 1 amide bonds. The fourth-order valence-corrected chi connectivity index (χ4v) is 3.89. The summed E-state index contributed by atoms with van der Waals surface area (Å²) in [5.41, 5.74) is 4.02. The largest absolute Gasteiger partial charge is 0.348 e. The Morgan fingerprint density at radius 1 is 1.03 bits per heavy atom. The van der Waals surface area contributed by atoms with Gasteiger partial charge in [0, 0.05) is 17.7 Å². The Kier molecular flexibility index (Phi) is 4.92. The molecule has 0 radical (unpaired) electrons. The maximum atomic E-state index is 12.4. The summed E-state index contributed by atoms with van der Waals surface area (Å²) in [6.07, 6.45) is 0. The van der Waals surface area contributed by atoms with E-state index in [0.717, 1.165) is 26.9 Å². The zero-order valence-electron chi connectivity index (χ0n) is 16.9. The van der Waals surface area contributed by atoms with Crippen LogP contribution < -0.4 is 5.32 Å². The smallest absolute Gasteiger partial charge is 0.251 e. The zero-order valence-corrected chi connectivity index (χ0v) is 17.7. The van der Waals surface area contributed by atoms with Gasteiger partial charge in [0.1, 0.15) is 5.01 Å². The lowest BCUT2D eigenvalue weighted by Crippen LogP contribution is -2.23. The molecule has 0 spiro atoms. The molecule has 0 unspecified atom stereocenters. The summed E-state index contributed by atoms with van der Waals surface area (Å²) in [6.45, 7) is 8.84. The molecule has 0 fully saturated rings. The van der Waals surface area contributed by atoms with E-state index < -0.39 is 0 Å². The van der Waals surface area contributed by atoms with Crippen molar-refractivity contribution in [2.24, 2.45) is 0 Å². The standard InChI is InChI=1S/C22H23N5OS/c1-14-24-25-21-27(14)26-20(29-21)17-7-5-15(6-8-17)13-23-19(28)16-9-11-18(12-10-16)22(2,3)4/h5-12H,13H2,1-4H3,(H,23,28). The van der Waals surface area contributed by atoms with Crippen molar-refractivity contribution < 1.29 is 4.79 Å². The molecule has 1 N–H and O–H groups in total. The van der Waals surface area contributed by atoms with E-state index in [-0.39, 0.29) is 11.3 Å². The van der Waals surface area contributed by atoms with Crippen LogP contribution >= 0.6 is 11.3 Å². The Morgan fingerprint density at radius 2 is 1.72 bits per heavy atom. The van der Waals surface area contributed by atoms with Crippen molar-refractivity contribution in [3.05, 3.63) is 71.0 Å². The molecule has 0 aliphatic rings. The first-order valence-corrected chi connectivity index (χ1v) is 10.3. The summed E-state index contributed by atoms with van der Waals surface area (Å²) in [4.78, 5) is 13.2. The van der Waals surface area contributed by atoms with Crippen molar-refractivity contribution in [3.63, 3.8) is 0 Å². The van der Waals surface area contributed by atoms with Crippen LogP contribution in [-0.4, -0.2) is 25.7 Å². The van der Waals surface area contributed by atoms with E-state index in [2.05, 4.69) is 41.4 Å². The van der Waals surface area contributed by atoms with Crippen molar-refractivity contribution >= 4 is 22.2 Å². The second-order valence-electron chi connectivity index (χ2n) is 8.06. The molecule has 4 aromatic rings. The molecule has 4 rings (SSSR count). The number of rotatable bonds is 4. The van der Waals surface area contributed by atoms with E-state index in [0.29, 0.717) is 12.1 Å². The fourth-order valence-electron chi connectivity index (χ4n) is 3.00. The average Bonchev–Trinajstić information content (AvgIpc) is 3.28. The van der Waals surface area contributed by atoms with Gasteiger partial charge in [-0.3, -0.25) is 4.79 Å². The molecular formula is C22H23N5OS. The van der Waals surface area contributed by atoms with Gasteiger partial charge in [0.25, 0.3) is 5.91 Å². The SMILES string of the molecule is Cc1nnc2sc(-c3ccc(CNC(=O)c4ccc(C(C)(C)C)cc4)cc3)nn12. The van der Waals surface area contributed by atoms with E-state index in [1.165, 1.54) is 16.9 Å². The van der Waals surface area contributed by atoms with Crippen molar-refractivity contribution in [3.8, 4) is 10.6 Å². The quantitative estimate of drug-likeness (QED) is 0.547. The Hall–Kier alpha value is -3.06. The summed E-state index contributed by atoms with van der Waals surface area (Å²) in [5.74, 6) is 0.705. The Morgan fingerprint density at radius 3 is 2.34 bits per heavy atom. The molecule has 0 saturated carbocycles. The van der Waals surface area contributed by atoms with Crippen LogP contribution in [-0.2, 0) is 12.0 Å². The molecule has 0 atom stereocenters. The maximum absolute atomic E-state index is 12.4. The van der Waals surface area contributed by atoms with Gasteiger partial charge in [-0.25, -0.2) is 0 Å². The summed E-state index contributed by atoms with van der Waals surface area (Å²) in [7, 11) is 0. The number of nitrogens with one attached hydrogen (secondary N) is 1. The summed E-state index contributed by atoms with van der Waals surface area (Å²) >= 11 is 1.50. The van der Waals surface area contributed by atoms with Gasteiger partial charge in [-0.1, -0.05) is 68.5 Å². The second-order valence-corrected chi connectivity index (χ2v) is 9.01. The van der Waals surface area contributed by atoms with Crippen LogP contribution in [0.3, 0.4) is 0 Å². The highest BCUT2D eigenvalue weighted by atomic mass is 32.1. The van der Waals surface area contributed by atoms with Crippen molar-refractivity contribution in [1.82, 2.24) is 25.1 Å². The third-order valence-electron chi connectivity index (χ3n) is 4.81. The minimum Gasteiger partial charge on any atom is -0.348 e. The third-order valence-corrected chi connectivity index (χ3v) is 5.76. The van der Waals surface area contributed by atoms with E-state index in [9.17, 15) is 4.79 Å². The highest BCUT2D eigenvalue weighted by Crippen LogP contribution is 2.25. The number of hydrogen-bond acceptors (Lipinski definition) is 5. The number of benzene rings is 2. The summed E-state index contributed by atoms with van der Waals surface area (Å²) in [6, 6.07) is 15.9. The predicted octanol–water partition coefficient (Wildman–Crippen LogP) is 4.39. The highest BCUT2D eigenvalue weighted by molar-refractivity contribution is 7.19. The fraction of sp³-hybridized carbons (Fsp3) is 0.273. The molecule has 2 heterocycles. The minimum absolute atomic E-state index is 0.0707. The number of aryl methyl sites for hydroxylation is 1. The van der Waals surface area contributed by atoms with Gasteiger partial charge in [-0.15, -0.1) is 10.2 Å². The van der Waals surface area contributed by atoms with Crippen LogP contribution in [0.15, 0.2) is 48.5 Å². The van der Waals surface area contributed by atoms with Gasteiger partial charge in [0.15, 0.2) is 5.82 Å². The van der Waals surface area contributed by atoms with Crippen LogP contribution in [0.1, 0.15) is 48.1 Å². The number of fused-ring (bicyclic) bond motifs is 1. The van der Waals surface area contributed by atoms with Crippen LogP contribution in [0.25, 0.3) is 15.5 Å². The minimum atomic E-state index is -0.0707. The van der Waals surface area contributed by atoms with Crippen LogP contribution in [0.4, 0.5) is 0 Å². The van der Waals surface area contributed by atoms with E-state index in [1.807, 2.05) is 55.5 Å². The van der Waals surface area contributed by atoms with E-state index in [1.54, 1.807) is 4.52 Å². The van der Waals surface area contributed by atoms with Crippen molar-refractivity contribution in [1.29, 1.82) is 0 Å². The number of aromatic nitrogens is 4. The van der Waals surface area contributed by atoms with Crippen LogP contribution in [0, 0.1) is 6.92 Å². The van der Waals surface area contributed by atoms with Gasteiger partial charge in [-0.05, 0) is 35.6 Å². The number of hydrogen-bond donors (Lipinski definition) is 1. The average molecular weight is 406 g/mol. The predicted molar refractivity (Wildman–Crippen MR) is 115 cm³/mol. The lowest BCUT2D eigenvalue weighted by Gasteiger charge is -2.19. The van der Waals surface area contributed by atoms with Crippen molar-refractivity contribution in [2.45, 2.75) is 39.7 Å². The third kappa shape index (κ3) is 4.05. The molecule has 0 aliphatic carbocycles. The Balaban J connectivity index is 1.40. The number of amides is 1. The molecule has 0 aliphatic heterocycles. The lowest BCUT2D eigenvalue weighted by atomic mass is 9.87. The molecule has 148 valence electrons. The molecular weight excluding hydrogens is 382 g/mol. The topological polar surface area (TPSA) is 72.2 Å². The Bertz CT molecular complexity index is 1150. The van der Waals surface area contributed by atoms with E-state index in [4.69, 9.17) is 0 Å². The first-order valence-electron chi connectivity index (χ1n) is 9.48. The molecule has 6 nitrogen and oxygen atoms in total. The van der Waals surface area contributed by atoms with Crippen molar-refractivity contribution in [2.75, 3.05) is 0 Å². The van der Waals surface area contributed by atoms with Gasteiger partial charge in [-0.2, -0.15) is 9.61 Å². The number of carbonyl (C=O) groups excluding carboxylic acids is 1. The van der Waals surface area contributed by atoms with Gasteiger partial charge in [0.2, 0.25) is 4.96 Å². The molecule has 0 bridgehead atoms. The zero-order chi connectivity index (χ0) is 20.6. The molecule has 2 aromatic heterocycles. The monoisotopic (exact) mass is 405 g/mol. The molecule has 2 aromatic carbocycles. The maximum Gasteiger partial charge on any atom is 0.251 e. The molecule has 7 heteroatoms. The Labute approximate surface area is 173 Å². The first-order chi connectivity index (χ1) is 13.8. The van der Waals surface area contributed by atoms with E-state index >= 15 is 0 Å².